The van der Waals surface area contributed by atoms with Crippen molar-refractivity contribution in [3.63, 3.8) is 0 Å². The molecule has 0 aromatic carbocycles. The molecule has 1 aromatic rings. The largest absolute Gasteiger partial charge is 0.314 e. The summed E-state index contributed by atoms with van der Waals surface area (Å²) in [6.07, 6.45) is 3.99. The Morgan fingerprint density at radius 3 is 2.75 bits per heavy atom. The zero-order valence-electron chi connectivity index (χ0n) is 12.5. The molecule has 0 amide bonds. The van der Waals surface area contributed by atoms with E-state index in [9.17, 15) is 0 Å². The highest BCUT2D eigenvalue weighted by Gasteiger charge is 2.30. The van der Waals surface area contributed by atoms with Crippen molar-refractivity contribution in [2.75, 3.05) is 20.1 Å². The summed E-state index contributed by atoms with van der Waals surface area (Å²) in [6.45, 7) is 6.78. The van der Waals surface area contributed by atoms with E-state index in [0.29, 0.717) is 18.0 Å². The predicted octanol–water partition coefficient (Wildman–Crippen LogP) is 5.04. The molecule has 114 valence electrons. The monoisotopic (exact) mass is 422 g/mol. The van der Waals surface area contributed by atoms with Gasteiger partial charge in [-0.1, -0.05) is 20.3 Å². The van der Waals surface area contributed by atoms with Gasteiger partial charge in [0.1, 0.15) is 0 Å². The number of nitrogens with zero attached hydrogens (tertiary/aromatic N) is 1. The molecule has 2 heterocycles. The van der Waals surface area contributed by atoms with Crippen LogP contribution in [0.2, 0.25) is 0 Å². The molecule has 1 aliphatic rings. The fraction of sp³-hybridized carbons (Fsp3) is 0.733. The van der Waals surface area contributed by atoms with Crippen molar-refractivity contribution in [3.8, 4) is 0 Å². The summed E-state index contributed by atoms with van der Waals surface area (Å²) < 4.78 is 2.39. The third kappa shape index (κ3) is 4.29. The van der Waals surface area contributed by atoms with E-state index in [4.69, 9.17) is 0 Å². The lowest BCUT2D eigenvalue weighted by molar-refractivity contribution is 0.190. The van der Waals surface area contributed by atoms with Gasteiger partial charge in [0.15, 0.2) is 0 Å². The lowest BCUT2D eigenvalue weighted by atomic mass is 9.93. The Kier molecular flexibility index (Phi) is 6.54. The molecular weight excluding hydrogens is 400 g/mol. The second kappa shape index (κ2) is 7.73. The molecule has 2 unspecified atom stereocenters. The second-order valence-electron chi connectivity index (χ2n) is 6.01. The molecule has 20 heavy (non-hydrogen) atoms. The smallest absolute Gasteiger partial charge is 0.0843 e. The molecule has 5 heteroatoms. The van der Waals surface area contributed by atoms with Crippen LogP contribution in [0.15, 0.2) is 14.3 Å². The van der Waals surface area contributed by atoms with E-state index in [1.165, 1.54) is 38.9 Å². The van der Waals surface area contributed by atoms with Crippen LogP contribution < -0.4 is 5.32 Å². The van der Waals surface area contributed by atoms with Gasteiger partial charge >= 0.3 is 0 Å². The molecule has 1 fully saturated rings. The molecule has 0 spiro atoms. The first kappa shape index (κ1) is 16.9. The van der Waals surface area contributed by atoms with Gasteiger partial charge in [-0.25, -0.2) is 0 Å². The maximum atomic E-state index is 3.64. The fourth-order valence-electron chi connectivity index (χ4n) is 2.98. The molecule has 1 aromatic heterocycles. The first-order chi connectivity index (χ1) is 9.49. The average Bonchev–Trinajstić information content (AvgIpc) is 2.60. The van der Waals surface area contributed by atoms with Gasteiger partial charge in [-0.15, -0.1) is 11.3 Å². The molecular formula is C15H24Br2N2S. The number of likely N-dealkylation sites (tertiary alicyclic amines) is 1. The molecule has 1 N–H and O–H groups in total. The zero-order valence-corrected chi connectivity index (χ0v) is 16.4. The number of rotatable bonds is 4. The maximum Gasteiger partial charge on any atom is 0.0843 e. The lowest BCUT2D eigenvalue weighted by Crippen LogP contribution is -2.36. The standard InChI is InChI=1S/C15H24Br2N2S/c1-10(2)18-9-11-6-4-5-7-19(3)14(11)13-8-12(16)15(17)20-13/h8,10-11,14,18H,4-7,9H2,1-3H3. The summed E-state index contributed by atoms with van der Waals surface area (Å²) in [7, 11) is 2.28. The SMILES string of the molecule is CC(C)NCC1CCCCN(C)C1c1cc(Br)c(Br)s1. The van der Waals surface area contributed by atoms with Crippen molar-refractivity contribution < 1.29 is 0 Å². The third-order valence-electron chi connectivity index (χ3n) is 4.00. The van der Waals surface area contributed by atoms with Gasteiger partial charge in [-0.3, -0.25) is 4.90 Å². The second-order valence-corrected chi connectivity index (χ2v) is 9.27. The van der Waals surface area contributed by atoms with Crippen LogP contribution in [-0.4, -0.2) is 31.1 Å². The van der Waals surface area contributed by atoms with Crippen LogP contribution in [0.1, 0.15) is 44.0 Å². The molecule has 1 aliphatic heterocycles. The molecule has 0 bridgehead atoms. The molecule has 0 aliphatic carbocycles. The summed E-state index contributed by atoms with van der Waals surface area (Å²) in [5, 5.41) is 3.64. The van der Waals surface area contributed by atoms with E-state index in [1.807, 2.05) is 11.3 Å². The van der Waals surface area contributed by atoms with Crippen LogP contribution >= 0.6 is 43.2 Å². The lowest BCUT2D eigenvalue weighted by Gasteiger charge is -2.32. The summed E-state index contributed by atoms with van der Waals surface area (Å²) >= 11 is 9.15. The van der Waals surface area contributed by atoms with Gasteiger partial charge < -0.3 is 5.32 Å². The van der Waals surface area contributed by atoms with Crippen molar-refractivity contribution in [3.05, 3.63) is 19.2 Å². The van der Waals surface area contributed by atoms with E-state index in [0.717, 1.165) is 6.54 Å². The Labute approximate surface area is 143 Å². The predicted molar refractivity (Wildman–Crippen MR) is 95.6 cm³/mol. The van der Waals surface area contributed by atoms with E-state index >= 15 is 0 Å². The van der Waals surface area contributed by atoms with Crippen molar-refractivity contribution in [1.29, 1.82) is 0 Å². The van der Waals surface area contributed by atoms with Crippen LogP contribution in [0.5, 0.6) is 0 Å². The van der Waals surface area contributed by atoms with E-state index in [-0.39, 0.29) is 0 Å². The highest BCUT2D eigenvalue weighted by atomic mass is 79.9. The van der Waals surface area contributed by atoms with Crippen LogP contribution in [0.3, 0.4) is 0 Å². The fourth-order valence-corrected chi connectivity index (χ4v) is 5.33. The Hall–Kier alpha value is 0.580. The van der Waals surface area contributed by atoms with Crippen LogP contribution in [0.4, 0.5) is 0 Å². The third-order valence-corrected chi connectivity index (χ3v) is 7.33. The average molecular weight is 424 g/mol. The minimum atomic E-state index is 0.538. The van der Waals surface area contributed by atoms with Crippen LogP contribution in [-0.2, 0) is 0 Å². The normalized spacial score (nSPS) is 25.1. The van der Waals surface area contributed by atoms with E-state index in [1.54, 1.807) is 0 Å². The van der Waals surface area contributed by atoms with Crippen molar-refractivity contribution in [1.82, 2.24) is 10.2 Å². The number of thiophene rings is 1. The molecule has 1 saturated heterocycles. The van der Waals surface area contributed by atoms with Crippen molar-refractivity contribution >= 4 is 43.2 Å². The Balaban J connectivity index is 2.20. The van der Waals surface area contributed by atoms with Crippen LogP contribution in [0, 0.1) is 5.92 Å². The molecule has 2 atom stereocenters. The van der Waals surface area contributed by atoms with Gasteiger partial charge in [0.25, 0.3) is 0 Å². The minimum Gasteiger partial charge on any atom is -0.314 e. The minimum absolute atomic E-state index is 0.538. The van der Waals surface area contributed by atoms with Crippen LogP contribution in [0.25, 0.3) is 0 Å². The molecule has 2 nitrogen and oxygen atoms in total. The first-order valence-corrected chi connectivity index (χ1v) is 9.77. The highest BCUT2D eigenvalue weighted by Crippen LogP contribution is 2.42. The van der Waals surface area contributed by atoms with Gasteiger partial charge in [-0.05, 0) is 70.3 Å². The summed E-state index contributed by atoms with van der Waals surface area (Å²) in [4.78, 5) is 4.02. The van der Waals surface area contributed by atoms with Crippen molar-refractivity contribution in [2.24, 2.45) is 5.92 Å². The zero-order chi connectivity index (χ0) is 14.7. The summed E-state index contributed by atoms with van der Waals surface area (Å²) in [6, 6.07) is 3.39. The molecule has 2 rings (SSSR count). The summed E-state index contributed by atoms with van der Waals surface area (Å²) in [5.74, 6) is 0.697. The van der Waals surface area contributed by atoms with E-state index < -0.39 is 0 Å². The number of hydrogen-bond donors (Lipinski definition) is 1. The van der Waals surface area contributed by atoms with Gasteiger partial charge in [0.2, 0.25) is 0 Å². The van der Waals surface area contributed by atoms with Crippen molar-refractivity contribution in [2.45, 2.75) is 45.2 Å². The quantitative estimate of drug-likeness (QED) is 0.729. The highest BCUT2D eigenvalue weighted by molar-refractivity contribution is 9.13. The maximum absolute atomic E-state index is 3.64. The topological polar surface area (TPSA) is 15.3 Å². The summed E-state index contributed by atoms with van der Waals surface area (Å²) in [5.41, 5.74) is 0. The first-order valence-electron chi connectivity index (χ1n) is 7.37. The number of halogens is 2. The number of nitrogens with one attached hydrogen (secondary N) is 1. The Morgan fingerprint density at radius 2 is 2.15 bits per heavy atom. The van der Waals surface area contributed by atoms with Gasteiger partial charge in [-0.2, -0.15) is 0 Å². The molecule has 0 saturated carbocycles. The number of hydrogen-bond acceptors (Lipinski definition) is 3. The Morgan fingerprint density at radius 1 is 1.40 bits per heavy atom. The van der Waals surface area contributed by atoms with Gasteiger partial charge in [0, 0.05) is 28.0 Å². The Bertz CT molecular complexity index is 414. The molecule has 0 radical (unpaired) electrons. The van der Waals surface area contributed by atoms with Gasteiger partial charge in [0.05, 0.1) is 3.79 Å². The van der Waals surface area contributed by atoms with E-state index in [2.05, 4.69) is 69.0 Å².